The van der Waals surface area contributed by atoms with E-state index in [4.69, 9.17) is 32.9 Å². The van der Waals surface area contributed by atoms with E-state index in [9.17, 15) is 9.59 Å². The van der Waals surface area contributed by atoms with Crippen LogP contribution in [0.2, 0.25) is 10.0 Å². The molecule has 3 aromatic carbocycles. The normalized spacial score (nSPS) is 14.6. The number of carbonyl (C=O) groups is 2. The Labute approximate surface area is 243 Å². The summed E-state index contributed by atoms with van der Waals surface area (Å²) < 4.78 is 7.81. The Balaban J connectivity index is 1.77. The van der Waals surface area contributed by atoms with Crippen LogP contribution in [0.25, 0.3) is 11.4 Å². The fraction of sp³-hybridized carbons (Fsp3) is 0.258. The van der Waals surface area contributed by atoms with E-state index >= 15 is 0 Å². The van der Waals surface area contributed by atoms with E-state index in [1.165, 1.54) is 0 Å². The van der Waals surface area contributed by atoms with Crippen molar-refractivity contribution in [1.29, 1.82) is 0 Å². The highest BCUT2D eigenvalue weighted by Gasteiger charge is 2.45. The number of aromatic nitrogens is 2. The van der Waals surface area contributed by atoms with Gasteiger partial charge < -0.3 is 14.6 Å². The highest BCUT2D eigenvalue weighted by molar-refractivity contribution is 6.31. The second-order valence-corrected chi connectivity index (χ2v) is 11.0. The molecule has 1 N–H and O–H groups in total. The van der Waals surface area contributed by atoms with Gasteiger partial charge in [-0.05, 0) is 73.9 Å². The number of ether oxygens (including phenoxy) is 1. The van der Waals surface area contributed by atoms with Gasteiger partial charge in [-0.1, -0.05) is 47.5 Å². The number of likely N-dealkylation sites (N-methyl/N-ethyl adjacent to an activating group) is 1. The molecule has 1 aliphatic rings. The molecule has 0 spiro atoms. The maximum absolute atomic E-state index is 14.2. The molecule has 1 aromatic heterocycles. The lowest BCUT2D eigenvalue weighted by molar-refractivity contribution is -0.119. The van der Waals surface area contributed by atoms with E-state index in [1.807, 2.05) is 67.6 Å². The minimum atomic E-state index is -0.472. The number of hydrogen-bond donors (Lipinski definition) is 1. The van der Waals surface area contributed by atoms with Crippen LogP contribution in [-0.4, -0.2) is 35.5 Å². The lowest BCUT2D eigenvalue weighted by Gasteiger charge is -2.29. The third kappa shape index (κ3) is 4.84. The molecule has 2 heterocycles. The van der Waals surface area contributed by atoms with Gasteiger partial charge in [-0.15, -0.1) is 0 Å². The van der Waals surface area contributed by atoms with Crippen molar-refractivity contribution in [3.63, 3.8) is 0 Å². The zero-order chi connectivity index (χ0) is 28.7. The average molecular weight is 578 g/mol. The summed E-state index contributed by atoms with van der Waals surface area (Å²) in [5.74, 6) is 0.882. The fourth-order valence-corrected chi connectivity index (χ4v) is 5.58. The summed E-state index contributed by atoms with van der Waals surface area (Å²) in [7, 11) is 3.21. The van der Waals surface area contributed by atoms with Gasteiger partial charge in [0.05, 0.1) is 24.8 Å². The molecule has 40 heavy (non-hydrogen) atoms. The molecule has 1 aliphatic heterocycles. The molecular formula is C31H30Cl2N4O3. The highest BCUT2D eigenvalue weighted by Crippen LogP contribution is 2.46. The standard InChI is InChI=1S/C31H30Cl2N4O3/c1-17(2)36-29-27(35-30(36)23-14-19(15-26(38)34-4)7-13-25(23)40-5)31(39)37(24-16-22(33)10-6-18(24)3)28(29)20-8-11-21(32)12-9-20/h6-14,16-17,28H,15H2,1-5H3,(H,34,38). The summed E-state index contributed by atoms with van der Waals surface area (Å²) in [5.41, 5.74) is 5.19. The van der Waals surface area contributed by atoms with Crippen molar-refractivity contribution in [2.75, 3.05) is 19.1 Å². The van der Waals surface area contributed by atoms with Crippen LogP contribution in [0.4, 0.5) is 5.69 Å². The van der Waals surface area contributed by atoms with Gasteiger partial charge in [0.15, 0.2) is 5.69 Å². The third-order valence-corrected chi connectivity index (χ3v) is 7.65. The topological polar surface area (TPSA) is 76.5 Å². The SMILES string of the molecule is CNC(=O)Cc1ccc(OC)c(-c2nc3c(n2C(C)C)C(c2ccc(Cl)cc2)N(c2cc(Cl)ccc2C)C3=O)c1. The number of methoxy groups -OCH3 is 1. The Hall–Kier alpha value is -3.81. The predicted molar refractivity (Wildman–Crippen MR) is 159 cm³/mol. The molecule has 0 saturated heterocycles. The van der Waals surface area contributed by atoms with Gasteiger partial charge in [-0.2, -0.15) is 0 Å². The van der Waals surface area contributed by atoms with Gasteiger partial charge in [-0.3, -0.25) is 14.5 Å². The van der Waals surface area contributed by atoms with Gasteiger partial charge in [0.2, 0.25) is 5.91 Å². The molecule has 4 aromatic rings. The van der Waals surface area contributed by atoms with Crippen molar-refractivity contribution in [1.82, 2.24) is 14.9 Å². The Kier molecular flexibility index (Phi) is 7.62. The number of halogens is 2. The van der Waals surface area contributed by atoms with Crippen LogP contribution in [0, 0.1) is 6.92 Å². The Bertz CT molecular complexity index is 1610. The van der Waals surface area contributed by atoms with Crippen LogP contribution < -0.4 is 15.0 Å². The average Bonchev–Trinajstić information content (AvgIpc) is 3.45. The molecule has 0 radical (unpaired) electrons. The van der Waals surface area contributed by atoms with Gasteiger partial charge in [-0.25, -0.2) is 4.98 Å². The molecule has 206 valence electrons. The minimum Gasteiger partial charge on any atom is -0.496 e. The van der Waals surface area contributed by atoms with Crippen molar-refractivity contribution in [2.24, 2.45) is 0 Å². The largest absolute Gasteiger partial charge is 0.496 e. The lowest BCUT2D eigenvalue weighted by atomic mass is 10.0. The zero-order valence-corrected chi connectivity index (χ0v) is 24.5. The number of rotatable bonds is 7. The number of hydrogen-bond acceptors (Lipinski definition) is 4. The van der Waals surface area contributed by atoms with E-state index in [2.05, 4.69) is 23.7 Å². The fourth-order valence-electron chi connectivity index (χ4n) is 5.29. The molecule has 1 unspecified atom stereocenters. The number of nitrogens with one attached hydrogen (secondary N) is 1. The number of benzene rings is 3. The summed E-state index contributed by atoms with van der Waals surface area (Å²) >= 11 is 12.7. The second-order valence-electron chi connectivity index (χ2n) is 10.1. The van der Waals surface area contributed by atoms with E-state index < -0.39 is 6.04 Å². The first-order valence-corrected chi connectivity index (χ1v) is 13.7. The van der Waals surface area contributed by atoms with Crippen LogP contribution in [0.15, 0.2) is 60.7 Å². The predicted octanol–water partition coefficient (Wildman–Crippen LogP) is 6.79. The van der Waals surface area contributed by atoms with Crippen LogP contribution in [0.3, 0.4) is 0 Å². The minimum absolute atomic E-state index is 0.0541. The molecular weight excluding hydrogens is 547 g/mol. The summed E-state index contributed by atoms with van der Waals surface area (Å²) in [6, 6.07) is 18.1. The number of nitrogens with zero attached hydrogens (tertiary/aromatic N) is 3. The molecule has 0 bridgehead atoms. The van der Waals surface area contributed by atoms with Crippen molar-refractivity contribution in [2.45, 2.75) is 39.3 Å². The number of fused-ring (bicyclic) bond motifs is 1. The van der Waals surface area contributed by atoms with Gasteiger partial charge >= 0.3 is 0 Å². The smallest absolute Gasteiger partial charge is 0.279 e. The van der Waals surface area contributed by atoms with Crippen LogP contribution in [-0.2, 0) is 11.2 Å². The van der Waals surface area contributed by atoms with Crippen molar-refractivity contribution in [3.05, 3.63) is 98.8 Å². The molecule has 0 saturated carbocycles. The number of carbonyl (C=O) groups excluding carboxylic acids is 2. The molecule has 0 aliphatic carbocycles. The molecule has 2 amide bonds. The third-order valence-electron chi connectivity index (χ3n) is 7.17. The molecule has 5 rings (SSSR count). The summed E-state index contributed by atoms with van der Waals surface area (Å²) in [6.07, 6.45) is 0.212. The quantitative estimate of drug-likeness (QED) is 0.262. The van der Waals surface area contributed by atoms with E-state index in [-0.39, 0.29) is 24.3 Å². The Morgan fingerprint density at radius 2 is 1.75 bits per heavy atom. The maximum Gasteiger partial charge on any atom is 0.279 e. The summed E-state index contributed by atoms with van der Waals surface area (Å²) in [5, 5.41) is 3.81. The molecule has 0 fully saturated rings. The first kappa shape index (κ1) is 27.7. The Morgan fingerprint density at radius 1 is 1.05 bits per heavy atom. The van der Waals surface area contributed by atoms with E-state index in [1.54, 1.807) is 19.1 Å². The van der Waals surface area contributed by atoms with Crippen LogP contribution >= 0.6 is 23.2 Å². The molecule has 7 nitrogen and oxygen atoms in total. The Morgan fingerprint density at radius 3 is 2.40 bits per heavy atom. The first-order valence-electron chi connectivity index (χ1n) is 13.0. The second kappa shape index (κ2) is 11.0. The number of imidazole rings is 1. The van der Waals surface area contributed by atoms with Gasteiger partial charge in [0.1, 0.15) is 17.6 Å². The number of amides is 2. The van der Waals surface area contributed by atoms with Gasteiger partial charge in [0.25, 0.3) is 5.91 Å². The van der Waals surface area contributed by atoms with Crippen LogP contribution in [0.5, 0.6) is 5.75 Å². The van der Waals surface area contributed by atoms with Gasteiger partial charge in [0, 0.05) is 28.8 Å². The molecule has 9 heteroatoms. The van der Waals surface area contributed by atoms with Crippen LogP contribution in [0.1, 0.15) is 58.8 Å². The monoisotopic (exact) mass is 576 g/mol. The van der Waals surface area contributed by atoms with Crippen molar-refractivity contribution >= 4 is 40.7 Å². The number of aryl methyl sites for hydroxylation is 1. The van der Waals surface area contributed by atoms with Crippen molar-refractivity contribution < 1.29 is 14.3 Å². The summed E-state index contributed by atoms with van der Waals surface area (Å²) in [6.45, 7) is 6.07. The summed E-state index contributed by atoms with van der Waals surface area (Å²) in [4.78, 5) is 33.1. The zero-order valence-electron chi connectivity index (χ0n) is 23.0. The maximum atomic E-state index is 14.2. The lowest BCUT2D eigenvalue weighted by Crippen LogP contribution is -2.31. The van der Waals surface area contributed by atoms with E-state index in [0.29, 0.717) is 32.9 Å². The van der Waals surface area contributed by atoms with E-state index in [0.717, 1.165) is 28.1 Å². The molecule has 1 atom stereocenters. The number of anilines is 1. The van der Waals surface area contributed by atoms with Crippen molar-refractivity contribution in [3.8, 4) is 17.1 Å². The first-order chi connectivity index (χ1) is 19.1. The highest BCUT2D eigenvalue weighted by atomic mass is 35.5.